The van der Waals surface area contributed by atoms with Crippen LogP contribution in [0.2, 0.25) is 0 Å². The number of nitrogens with one attached hydrogen (secondary N) is 2. The molecule has 0 saturated heterocycles. The Morgan fingerprint density at radius 1 is 1.21 bits per heavy atom. The molecule has 2 N–H and O–H groups in total. The van der Waals surface area contributed by atoms with E-state index in [1.807, 2.05) is 25.1 Å². The van der Waals surface area contributed by atoms with Crippen LogP contribution in [0.25, 0.3) is 10.9 Å². The third-order valence-electron chi connectivity index (χ3n) is 3.82. The Morgan fingerprint density at radius 2 is 1.96 bits per heavy atom. The topological polar surface area (TPSA) is 84.1 Å². The van der Waals surface area contributed by atoms with Gasteiger partial charge in [0.05, 0.1) is 5.52 Å². The quantitative estimate of drug-likeness (QED) is 0.728. The third kappa shape index (κ3) is 5.08. The van der Waals surface area contributed by atoms with Crippen molar-refractivity contribution in [3.05, 3.63) is 30.0 Å². The van der Waals surface area contributed by atoms with Crippen molar-refractivity contribution in [2.75, 3.05) is 6.61 Å². The van der Waals surface area contributed by atoms with Crippen LogP contribution in [0.15, 0.2) is 24.3 Å². The Labute approximate surface area is 142 Å². The number of carbonyl (C=O) groups excluding carboxylic acids is 2. The van der Waals surface area contributed by atoms with Gasteiger partial charge in [-0.1, -0.05) is 44.9 Å². The minimum Gasteiger partial charge on any atom is -0.451 e. The van der Waals surface area contributed by atoms with Crippen LogP contribution >= 0.6 is 0 Å². The fourth-order valence-electron chi connectivity index (χ4n) is 2.54. The van der Waals surface area contributed by atoms with Crippen LogP contribution in [-0.2, 0) is 9.53 Å². The van der Waals surface area contributed by atoms with E-state index >= 15 is 0 Å². The van der Waals surface area contributed by atoms with Gasteiger partial charge in [-0.3, -0.25) is 9.89 Å². The molecular formula is C18H25N3O3. The smallest absolute Gasteiger partial charge is 0.359 e. The molecule has 1 atom stereocenters. The maximum absolute atomic E-state index is 12.1. The van der Waals surface area contributed by atoms with Crippen molar-refractivity contribution in [3.8, 4) is 0 Å². The molecule has 1 aromatic heterocycles. The second-order valence-electron chi connectivity index (χ2n) is 6.49. The average molecular weight is 331 g/mol. The number of amides is 1. The van der Waals surface area contributed by atoms with Crippen molar-refractivity contribution in [2.24, 2.45) is 5.92 Å². The lowest BCUT2D eigenvalue weighted by Gasteiger charge is -2.14. The highest BCUT2D eigenvalue weighted by molar-refractivity contribution is 6.02. The van der Waals surface area contributed by atoms with Gasteiger partial charge in [0.1, 0.15) is 0 Å². The van der Waals surface area contributed by atoms with Gasteiger partial charge in [-0.15, -0.1) is 0 Å². The summed E-state index contributed by atoms with van der Waals surface area (Å²) in [5.41, 5.74) is 0.955. The Morgan fingerprint density at radius 3 is 2.71 bits per heavy atom. The van der Waals surface area contributed by atoms with Gasteiger partial charge in [0.2, 0.25) is 0 Å². The molecule has 0 aliphatic rings. The normalized spacial score (nSPS) is 12.3. The highest BCUT2D eigenvalue weighted by Gasteiger charge is 2.17. The molecule has 6 heteroatoms. The van der Waals surface area contributed by atoms with Crippen LogP contribution in [0.3, 0.4) is 0 Å². The van der Waals surface area contributed by atoms with Gasteiger partial charge in [0, 0.05) is 11.4 Å². The molecule has 24 heavy (non-hydrogen) atoms. The molecule has 0 saturated carbocycles. The van der Waals surface area contributed by atoms with E-state index in [4.69, 9.17) is 4.74 Å². The van der Waals surface area contributed by atoms with Crippen molar-refractivity contribution < 1.29 is 14.3 Å². The van der Waals surface area contributed by atoms with Gasteiger partial charge in [-0.25, -0.2) is 4.79 Å². The molecule has 0 bridgehead atoms. The SMILES string of the molecule is CC(C)CCC[C@H](C)NC(=O)COC(=O)c1n[nH]c2ccccc12. The average Bonchev–Trinajstić information content (AvgIpc) is 2.96. The monoisotopic (exact) mass is 331 g/mol. The maximum atomic E-state index is 12.1. The van der Waals surface area contributed by atoms with Crippen LogP contribution < -0.4 is 5.32 Å². The van der Waals surface area contributed by atoms with E-state index in [-0.39, 0.29) is 24.2 Å². The second-order valence-corrected chi connectivity index (χ2v) is 6.49. The second kappa shape index (κ2) is 8.47. The lowest BCUT2D eigenvalue weighted by atomic mass is 10.0. The van der Waals surface area contributed by atoms with Gasteiger partial charge in [0.15, 0.2) is 12.3 Å². The number of ether oxygens (including phenoxy) is 1. The number of esters is 1. The third-order valence-corrected chi connectivity index (χ3v) is 3.82. The summed E-state index contributed by atoms with van der Waals surface area (Å²) in [6, 6.07) is 7.35. The van der Waals surface area contributed by atoms with Crippen molar-refractivity contribution in [1.82, 2.24) is 15.5 Å². The molecule has 0 spiro atoms. The summed E-state index contributed by atoms with van der Waals surface area (Å²) in [5.74, 6) is -0.229. The molecule has 0 aliphatic carbocycles. The van der Waals surface area contributed by atoms with Gasteiger partial charge in [0.25, 0.3) is 5.91 Å². The minimum absolute atomic E-state index is 0.0705. The Bertz CT molecular complexity index is 694. The molecule has 0 aliphatic heterocycles. The zero-order chi connectivity index (χ0) is 17.5. The van der Waals surface area contributed by atoms with E-state index < -0.39 is 5.97 Å². The fraction of sp³-hybridized carbons (Fsp3) is 0.500. The summed E-state index contributed by atoms with van der Waals surface area (Å²) in [6.45, 7) is 6.03. The van der Waals surface area contributed by atoms with Crippen LogP contribution in [0.1, 0.15) is 50.5 Å². The number of carbonyl (C=O) groups is 2. The molecule has 0 fully saturated rings. The van der Waals surface area contributed by atoms with Crippen LogP contribution in [0, 0.1) is 5.92 Å². The van der Waals surface area contributed by atoms with Gasteiger partial charge >= 0.3 is 5.97 Å². The number of fused-ring (bicyclic) bond motifs is 1. The molecular weight excluding hydrogens is 306 g/mol. The molecule has 0 radical (unpaired) electrons. The standard InChI is InChI=1S/C18H25N3O3/c1-12(2)7-6-8-13(3)19-16(22)11-24-18(23)17-14-9-4-5-10-15(14)20-21-17/h4-5,9-10,12-13H,6-8,11H2,1-3H3,(H,19,22)(H,20,21)/t13-/m0/s1. The lowest BCUT2D eigenvalue weighted by Crippen LogP contribution is -2.35. The largest absolute Gasteiger partial charge is 0.451 e. The lowest BCUT2D eigenvalue weighted by molar-refractivity contribution is -0.124. The highest BCUT2D eigenvalue weighted by atomic mass is 16.5. The number of para-hydroxylation sites is 1. The van der Waals surface area contributed by atoms with E-state index in [1.54, 1.807) is 6.07 Å². The zero-order valence-electron chi connectivity index (χ0n) is 14.5. The number of rotatable bonds is 8. The van der Waals surface area contributed by atoms with E-state index in [0.717, 1.165) is 24.8 Å². The molecule has 2 rings (SSSR count). The molecule has 1 aromatic carbocycles. The summed E-state index contributed by atoms with van der Waals surface area (Å²) in [4.78, 5) is 23.9. The molecule has 0 unspecified atom stereocenters. The summed E-state index contributed by atoms with van der Waals surface area (Å²) >= 11 is 0. The minimum atomic E-state index is -0.602. The first-order chi connectivity index (χ1) is 11.5. The summed E-state index contributed by atoms with van der Waals surface area (Å²) in [6.07, 6.45) is 3.13. The maximum Gasteiger partial charge on any atom is 0.359 e. The predicted octanol–water partition coefficient (Wildman–Crippen LogP) is 3.05. The Hall–Kier alpha value is -2.37. The zero-order valence-corrected chi connectivity index (χ0v) is 14.5. The number of aromatic amines is 1. The van der Waals surface area contributed by atoms with Gasteiger partial charge in [-0.2, -0.15) is 5.10 Å². The van der Waals surface area contributed by atoms with Crippen molar-refractivity contribution in [1.29, 1.82) is 0 Å². The molecule has 130 valence electrons. The van der Waals surface area contributed by atoms with Crippen LogP contribution in [0.4, 0.5) is 0 Å². The Balaban J connectivity index is 1.78. The molecule has 1 heterocycles. The van der Waals surface area contributed by atoms with E-state index in [0.29, 0.717) is 11.3 Å². The van der Waals surface area contributed by atoms with Gasteiger partial charge in [-0.05, 0) is 25.3 Å². The first-order valence-corrected chi connectivity index (χ1v) is 8.37. The van der Waals surface area contributed by atoms with E-state index in [2.05, 4.69) is 29.4 Å². The van der Waals surface area contributed by atoms with Crippen molar-refractivity contribution >= 4 is 22.8 Å². The molecule has 6 nitrogen and oxygen atoms in total. The number of H-pyrrole nitrogens is 1. The number of aromatic nitrogens is 2. The first kappa shape index (κ1) is 18.0. The Kier molecular flexibility index (Phi) is 6.35. The number of hydrogen-bond donors (Lipinski definition) is 2. The predicted molar refractivity (Wildman–Crippen MR) is 92.7 cm³/mol. The van der Waals surface area contributed by atoms with Crippen LogP contribution in [-0.4, -0.2) is 34.7 Å². The van der Waals surface area contributed by atoms with Crippen LogP contribution in [0.5, 0.6) is 0 Å². The summed E-state index contributed by atoms with van der Waals surface area (Å²) in [7, 11) is 0. The van der Waals surface area contributed by atoms with Crippen molar-refractivity contribution in [3.63, 3.8) is 0 Å². The van der Waals surface area contributed by atoms with E-state index in [9.17, 15) is 9.59 Å². The molecule has 2 aromatic rings. The highest BCUT2D eigenvalue weighted by Crippen LogP contribution is 2.15. The molecule has 1 amide bonds. The number of benzene rings is 1. The number of hydrogen-bond acceptors (Lipinski definition) is 4. The first-order valence-electron chi connectivity index (χ1n) is 8.37. The number of nitrogens with zero attached hydrogens (tertiary/aromatic N) is 1. The van der Waals surface area contributed by atoms with Gasteiger partial charge < -0.3 is 10.1 Å². The fourth-order valence-corrected chi connectivity index (χ4v) is 2.54. The van der Waals surface area contributed by atoms with Crippen molar-refractivity contribution in [2.45, 2.75) is 46.1 Å². The summed E-state index contributed by atoms with van der Waals surface area (Å²) < 4.78 is 5.07. The van der Waals surface area contributed by atoms with E-state index in [1.165, 1.54) is 0 Å². The summed E-state index contributed by atoms with van der Waals surface area (Å²) in [5, 5.41) is 10.3.